The number of anilines is 1. The van der Waals surface area contributed by atoms with E-state index in [4.69, 9.17) is 69.6 Å². The predicted octanol–water partition coefficient (Wildman–Crippen LogP) is 6.53. The Bertz CT molecular complexity index is 997. The van der Waals surface area contributed by atoms with Crippen LogP contribution in [0.5, 0.6) is 0 Å². The predicted molar refractivity (Wildman–Crippen MR) is 121 cm³/mol. The molecule has 1 saturated carbocycles. The lowest BCUT2D eigenvalue weighted by atomic mass is 10.1. The van der Waals surface area contributed by atoms with Crippen LogP contribution in [0.25, 0.3) is 0 Å². The van der Waals surface area contributed by atoms with Crippen LogP contribution in [-0.2, 0) is 4.79 Å². The summed E-state index contributed by atoms with van der Waals surface area (Å²) < 4.78 is 11.0. The fourth-order valence-electron chi connectivity index (χ4n) is 3.12. The Morgan fingerprint density at radius 1 is 1.00 bits per heavy atom. The van der Waals surface area contributed by atoms with Gasteiger partial charge in [0.1, 0.15) is 11.0 Å². The van der Waals surface area contributed by atoms with E-state index in [0.717, 1.165) is 0 Å². The average Bonchev–Trinajstić information content (AvgIpc) is 3.24. The molecule has 0 heterocycles. The van der Waals surface area contributed by atoms with Gasteiger partial charge in [0, 0.05) is 28.2 Å². The molecule has 1 aliphatic carbocycles. The summed E-state index contributed by atoms with van der Waals surface area (Å²) in [6.45, 7) is -0.923. The molecular weight excluding hydrogens is 520 g/mol. The first-order valence-electron chi connectivity index (χ1n) is 8.54. The molecule has 2 atom stereocenters. The normalized spacial score (nSPS) is 19.3. The lowest BCUT2D eigenvalue weighted by Gasteiger charge is -2.11. The van der Waals surface area contributed by atoms with Crippen LogP contribution >= 0.6 is 69.6 Å². The molecule has 0 saturated heterocycles. The van der Waals surface area contributed by atoms with Crippen molar-refractivity contribution in [1.29, 1.82) is 0 Å². The summed E-state index contributed by atoms with van der Waals surface area (Å²) in [6.07, 6.45) is 0. The SMILES string of the molecule is O=C(NCCF)c1cc(NC(=O)[C@H]2[C@H](c3cc(Cl)cc(Cl)c3)C2(Cl)Cl)cc(Cl)c1Cl. The van der Waals surface area contributed by atoms with Gasteiger partial charge < -0.3 is 10.6 Å². The molecule has 0 bridgehead atoms. The summed E-state index contributed by atoms with van der Waals surface area (Å²) in [5.41, 5.74) is 0.821. The molecule has 1 aliphatic rings. The summed E-state index contributed by atoms with van der Waals surface area (Å²) in [6, 6.07) is 7.54. The Morgan fingerprint density at radius 3 is 2.23 bits per heavy atom. The van der Waals surface area contributed by atoms with Crippen LogP contribution in [0.15, 0.2) is 30.3 Å². The number of amides is 2. The Balaban J connectivity index is 1.82. The van der Waals surface area contributed by atoms with Gasteiger partial charge in [0.25, 0.3) is 5.91 Å². The van der Waals surface area contributed by atoms with Crippen LogP contribution in [0.1, 0.15) is 21.8 Å². The topological polar surface area (TPSA) is 58.2 Å². The van der Waals surface area contributed by atoms with Gasteiger partial charge in [0.2, 0.25) is 5.91 Å². The molecule has 2 N–H and O–H groups in total. The zero-order valence-electron chi connectivity index (χ0n) is 14.9. The zero-order chi connectivity index (χ0) is 22.2. The number of halogens is 7. The molecule has 2 aromatic rings. The van der Waals surface area contributed by atoms with E-state index >= 15 is 0 Å². The van der Waals surface area contributed by atoms with Crippen LogP contribution in [0, 0.1) is 5.92 Å². The molecule has 0 unspecified atom stereocenters. The standard InChI is InChI=1S/C19H13Cl6FN2O2/c20-9-3-8(4-10(21)5-9)14-15(19(14,24)25)18(30)28-11-6-12(16(23)13(22)7-11)17(29)27-2-1-26/h3-7,14-15H,1-2H2,(H,27,29)(H,28,30)/t14-,15+/m0/s1. The minimum Gasteiger partial charge on any atom is -0.349 e. The van der Waals surface area contributed by atoms with E-state index in [-0.39, 0.29) is 27.8 Å². The van der Waals surface area contributed by atoms with E-state index in [1.54, 1.807) is 18.2 Å². The summed E-state index contributed by atoms with van der Waals surface area (Å²) >= 11 is 36.9. The highest BCUT2D eigenvalue weighted by atomic mass is 35.5. The fraction of sp³-hybridized carbons (Fsp3) is 0.263. The number of nitrogens with one attached hydrogen (secondary N) is 2. The molecule has 1 fully saturated rings. The number of rotatable bonds is 6. The minimum atomic E-state index is -1.37. The molecule has 0 aliphatic heterocycles. The molecule has 0 radical (unpaired) electrons. The highest BCUT2D eigenvalue weighted by Gasteiger charge is 2.67. The smallest absolute Gasteiger partial charge is 0.253 e. The highest BCUT2D eigenvalue weighted by molar-refractivity contribution is 6.53. The number of carbonyl (C=O) groups excluding carboxylic acids is 2. The zero-order valence-corrected chi connectivity index (χ0v) is 19.5. The molecule has 4 nitrogen and oxygen atoms in total. The maximum absolute atomic E-state index is 12.8. The fourth-order valence-corrected chi connectivity index (χ4v) is 4.91. The molecule has 3 rings (SSSR count). The number of carbonyl (C=O) groups is 2. The van der Waals surface area contributed by atoms with Crippen LogP contribution in [-0.4, -0.2) is 29.4 Å². The molecule has 2 aromatic carbocycles. The average molecular weight is 533 g/mol. The first-order valence-corrected chi connectivity index (χ1v) is 10.8. The third kappa shape index (κ3) is 4.93. The van der Waals surface area contributed by atoms with E-state index in [1.165, 1.54) is 12.1 Å². The Morgan fingerprint density at radius 2 is 1.63 bits per heavy atom. The summed E-state index contributed by atoms with van der Waals surface area (Å²) in [7, 11) is 0. The van der Waals surface area contributed by atoms with E-state index in [9.17, 15) is 14.0 Å². The monoisotopic (exact) mass is 530 g/mol. The van der Waals surface area contributed by atoms with Crippen molar-refractivity contribution < 1.29 is 14.0 Å². The minimum absolute atomic E-state index is 0.00935. The van der Waals surface area contributed by atoms with Crippen molar-refractivity contribution in [2.45, 2.75) is 10.3 Å². The van der Waals surface area contributed by atoms with Crippen LogP contribution in [0.3, 0.4) is 0 Å². The molecule has 30 heavy (non-hydrogen) atoms. The first kappa shape index (κ1) is 23.7. The summed E-state index contributed by atoms with van der Waals surface area (Å²) in [5, 5.41) is 5.78. The van der Waals surface area contributed by atoms with Gasteiger partial charge in [0.15, 0.2) is 0 Å². The summed E-state index contributed by atoms with van der Waals surface area (Å²) in [5.74, 6) is -2.45. The van der Waals surface area contributed by atoms with Gasteiger partial charge in [-0.25, -0.2) is 4.39 Å². The van der Waals surface area contributed by atoms with Crippen molar-refractivity contribution in [2.75, 3.05) is 18.5 Å². The van der Waals surface area contributed by atoms with Gasteiger partial charge in [-0.2, -0.15) is 0 Å². The van der Waals surface area contributed by atoms with Crippen molar-refractivity contribution in [3.05, 3.63) is 61.5 Å². The van der Waals surface area contributed by atoms with Gasteiger partial charge in [-0.3, -0.25) is 9.59 Å². The van der Waals surface area contributed by atoms with Crippen molar-refractivity contribution in [2.24, 2.45) is 5.92 Å². The van der Waals surface area contributed by atoms with Crippen LogP contribution in [0.4, 0.5) is 10.1 Å². The third-order valence-electron chi connectivity index (χ3n) is 4.50. The lowest BCUT2D eigenvalue weighted by Crippen LogP contribution is -2.26. The van der Waals surface area contributed by atoms with E-state index in [1.807, 2.05) is 0 Å². The number of hydrogen-bond acceptors (Lipinski definition) is 2. The van der Waals surface area contributed by atoms with Crippen molar-refractivity contribution in [3.63, 3.8) is 0 Å². The van der Waals surface area contributed by atoms with Crippen molar-refractivity contribution >= 4 is 87.1 Å². The van der Waals surface area contributed by atoms with Gasteiger partial charge in [-0.05, 0) is 35.9 Å². The van der Waals surface area contributed by atoms with Crippen LogP contribution < -0.4 is 10.6 Å². The maximum Gasteiger partial charge on any atom is 0.253 e. The van der Waals surface area contributed by atoms with Crippen molar-refractivity contribution in [1.82, 2.24) is 5.32 Å². The molecule has 11 heteroatoms. The van der Waals surface area contributed by atoms with Gasteiger partial charge >= 0.3 is 0 Å². The Kier molecular flexibility index (Phi) is 7.33. The maximum atomic E-state index is 12.8. The second-order valence-corrected chi connectivity index (χ2v) is 9.69. The van der Waals surface area contributed by atoms with E-state index in [0.29, 0.717) is 15.6 Å². The van der Waals surface area contributed by atoms with E-state index in [2.05, 4.69) is 10.6 Å². The molecular formula is C19H13Cl6FN2O2. The lowest BCUT2D eigenvalue weighted by molar-refractivity contribution is -0.117. The second-order valence-electron chi connectivity index (χ2n) is 6.59. The highest BCUT2D eigenvalue weighted by Crippen LogP contribution is 2.65. The second kappa shape index (κ2) is 9.27. The Hall–Kier alpha value is -0.950. The molecule has 0 aromatic heterocycles. The number of alkyl halides is 3. The van der Waals surface area contributed by atoms with Crippen LogP contribution in [0.2, 0.25) is 20.1 Å². The Labute approximate surface area is 201 Å². The third-order valence-corrected chi connectivity index (χ3v) is 6.68. The van der Waals surface area contributed by atoms with Gasteiger partial charge in [-0.15, -0.1) is 23.2 Å². The molecule has 160 valence electrons. The van der Waals surface area contributed by atoms with Gasteiger partial charge in [-0.1, -0.05) is 46.4 Å². The molecule has 0 spiro atoms. The first-order chi connectivity index (χ1) is 14.1. The number of hydrogen-bond donors (Lipinski definition) is 2. The quantitative estimate of drug-likeness (QED) is 0.416. The van der Waals surface area contributed by atoms with Crippen molar-refractivity contribution in [3.8, 4) is 0 Å². The largest absolute Gasteiger partial charge is 0.349 e. The summed E-state index contributed by atoms with van der Waals surface area (Å²) in [4.78, 5) is 25.0. The molecule has 2 amide bonds. The van der Waals surface area contributed by atoms with E-state index < -0.39 is 34.7 Å². The number of benzene rings is 2. The van der Waals surface area contributed by atoms with Gasteiger partial charge in [0.05, 0.1) is 21.5 Å².